The van der Waals surface area contributed by atoms with E-state index in [1.54, 1.807) is 6.33 Å². The molecule has 0 radical (unpaired) electrons. The van der Waals surface area contributed by atoms with E-state index in [1.165, 1.54) is 38.8 Å². The molecular formula is C16H25ClN4. The first-order valence-corrected chi connectivity index (χ1v) is 8.54. The summed E-state index contributed by atoms with van der Waals surface area (Å²) in [6, 6.07) is 0.680. The Bertz CT molecular complexity index is 485. The Kier molecular flexibility index (Phi) is 4.65. The van der Waals surface area contributed by atoms with E-state index in [4.69, 9.17) is 11.6 Å². The molecule has 3 rings (SSSR count). The molecule has 2 saturated heterocycles. The Labute approximate surface area is 132 Å². The highest BCUT2D eigenvalue weighted by atomic mass is 35.5. The number of rotatable bonds is 3. The molecule has 0 amide bonds. The van der Waals surface area contributed by atoms with Gasteiger partial charge in [0.25, 0.3) is 0 Å². The van der Waals surface area contributed by atoms with Gasteiger partial charge in [-0.2, -0.15) is 0 Å². The van der Waals surface area contributed by atoms with Crippen LogP contribution in [0, 0.1) is 0 Å². The van der Waals surface area contributed by atoms with Crippen LogP contribution in [-0.4, -0.2) is 47.1 Å². The Morgan fingerprint density at radius 2 is 1.90 bits per heavy atom. The third-order valence-corrected chi connectivity index (χ3v) is 5.06. The van der Waals surface area contributed by atoms with Gasteiger partial charge in [0.2, 0.25) is 0 Å². The summed E-state index contributed by atoms with van der Waals surface area (Å²) < 4.78 is 0. The highest BCUT2D eigenvalue weighted by Crippen LogP contribution is 2.33. The highest BCUT2D eigenvalue weighted by Gasteiger charge is 2.31. The van der Waals surface area contributed by atoms with E-state index in [-0.39, 0.29) is 0 Å². The molecule has 2 aliphatic rings. The third-order valence-electron chi connectivity index (χ3n) is 4.76. The van der Waals surface area contributed by atoms with Gasteiger partial charge in [-0.1, -0.05) is 31.9 Å². The fourth-order valence-electron chi connectivity index (χ4n) is 3.63. The first kappa shape index (κ1) is 15.0. The molecule has 21 heavy (non-hydrogen) atoms. The van der Waals surface area contributed by atoms with Crippen molar-refractivity contribution in [2.45, 2.75) is 51.5 Å². The van der Waals surface area contributed by atoms with Gasteiger partial charge in [0.05, 0.1) is 0 Å². The first-order valence-electron chi connectivity index (χ1n) is 8.16. The normalized spacial score (nSPS) is 24.0. The van der Waals surface area contributed by atoms with Crippen LogP contribution < -0.4 is 4.90 Å². The molecule has 1 atom stereocenters. The number of likely N-dealkylation sites (tertiary alicyclic amines) is 1. The molecular weight excluding hydrogens is 284 g/mol. The maximum Gasteiger partial charge on any atom is 0.138 e. The fourth-order valence-corrected chi connectivity index (χ4v) is 3.98. The van der Waals surface area contributed by atoms with Crippen LogP contribution in [0.2, 0.25) is 5.15 Å². The van der Waals surface area contributed by atoms with E-state index >= 15 is 0 Å². The number of aromatic nitrogens is 2. The summed E-state index contributed by atoms with van der Waals surface area (Å²) in [5.74, 6) is 1.40. The minimum absolute atomic E-state index is 0.350. The monoisotopic (exact) mass is 308 g/mol. The van der Waals surface area contributed by atoms with E-state index in [1.807, 2.05) is 0 Å². The van der Waals surface area contributed by atoms with E-state index in [2.05, 4.69) is 33.6 Å². The van der Waals surface area contributed by atoms with E-state index < -0.39 is 0 Å². The van der Waals surface area contributed by atoms with Gasteiger partial charge >= 0.3 is 0 Å². The zero-order valence-electron chi connectivity index (χ0n) is 13.1. The smallest absolute Gasteiger partial charge is 0.138 e. The molecule has 1 aromatic heterocycles. The number of nitrogens with zero attached hydrogens (tertiary/aromatic N) is 4. The lowest BCUT2D eigenvalue weighted by Crippen LogP contribution is -2.41. The molecule has 5 heteroatoms. The highest BCUT2D eigenvalue weighted by molar-refractivity contribution is 6.30. The first-order chi connectivity index (χ1) is 10.2. The van der Waals surface area contributed by atoms with E-state index in [0.717, 1.165) is 24.5 Å². The molecule has 3 heterocycles. The van der Waals surface area contributed by atoms with Gasteiger partial charge in [-0.25, -0.2) is 9.97 Å². The van der Waals surface area contributed by atoms with Crippen LogP contribution in [0.15, 0.2) is 6.33 Å². The van der Waals surface area contributed by atoms with Gasteiger partial charge in [-0.05, 0) is 38.3 Å². The maximum atomic E-state index is 6.30. The van der Waals surface area contributed by atoms with Crippen molar-refractivity contribution in [3.63, 3.8) is 0 Å². The minimum atomic E-state index is 0.350. The SMILES string of the molecule is CC(C)c1c(Cl)ncnc1N1CCC(N2CCCCC2)C1. The molecule has 4 nitrogen and oxygen atoms in total. The number of anilines is 1. The molecule has 2 fully saturated rings. The van der Waals surface area contributed by atoms with Crippen LogP contribution in [-0.2, 0) is 0 Å². The predicted octanol–water partition coefficient (Wildman–Crippen LogP) is 3.32. The zero-order valence-corrected chi connectivity index (χ0v) is 13.8. The predicted molar refractivity (Wildman–Crippen MR) is 87.2 cm³/mol. The van der Waals surface area contributed by atoms with Crippen molar-refractivity contribution in [1.29, 1.82) is 0 Å². The molecule has 2 aliphatic heterocycles. The molecule has 0 bridgehead atoms. The summed E-state index contributed by atoms with van der Waals surface area (Å²) >= 11 is 6.30. The lowest BCUT2D eigenvalue weighted by molar-refractivity contribution is 0.174. The summed E-state index contributed by atoms with van der Waals surface area (Å²) in [7, 11) is 0. The zero-order chi connectivity index (χ0) is 14.8. The van der Waals surface area contributed by atoms with Crippen molar-refractivity contribution in [2.75, 3.05) is 31.1 Å². The molecule has 0 spiro atoms. The summed E-state index contributed by atoms with van der Waals surface area (Å²) in [6.07, 6.45) is 6.93. The van der Waals surface area contributed by atoms with E-state index in [9.17, 15) is 0 Å². The Morgan fingerprint density at radius 3 is 2.62 bits per heavy atom. The summed E-state index contributed by atoms with van der Waals surface area (Å²) in [6.45, 7) is 9.00. The third kappa shape index (κ3) is 3.16. The van der Waals surface area contributed by atoms with Crippen molar-refractivity contribution in [3.8, 4) is 0 Å². The van der Waals surface area contributed by atoms with Crippen LogP contribution in [0.4, 0.5) is 5.82 Å². The lowest BCUT2D eigenvalue weighted by Gasteiger charge is -2.32. The molecule has 0 aromatic carbocycles. The van der Waals surface area contributed by atoms with Crippen molar-refractivity contribution in [3.05, 3.63) is 17.0 Å². The Morgan fingerprint density at radius 1 is 1.14 bits per heavy atom. The van der Waals surface area contributed by atoms with Gasteiger partial charge in [0, 0.05) is 24.7 Å². The van der Waals surface area contributed by atoms with Gasteiger partial charge in [-0.3, -0.25) is 4.90 Å². The second-order valence-corrected chi connectivity index (χ2v) is 6.90. The van der Waals surface area contributed by atoms with Gasteiger partial charge in [0.15, 0.2) is 0 Å². The summed E-state index contributed by atoms with van der Waals surface area (Å²) in [4.78, 5) is 13.8. The molecule has 1 unspecified atom stereocenters. The Balaban J connectivity index is 1.75. The Hall–Kier alpha value is -0.870. The van der Waals surface area contributed by atoms with E-state index in [0.29, 0.717) is 17.1 Å². The molecule has 116 valence electrons. The second-order valence-electron chi connectivity index (χ2n) is 6.54. The second kappa shape index (κ2) is 6.49. The standard InChI is InChI=1S/C16H25ClN4/c1-12(2)14-15(17)18-11-19-16(14)21-9-6-13(10-21)20-7-4-3-5-8-20/h11-13H,3-10H2,1-2H3. The lowest BCUT2D eigenvalue weighted by atomic mass is 10.1. The van der Waals surface area contributed by atoms with Crippen LogP contribution in [0.25, 0.3) is 0 Å². The van der Waals surface area contributed by atoms with Gasteiger partial charge < -0.3 is 4.90 Å². The van der Waals surface area contributed by atoms with Crippen LogP contribution in [0.3, 0.4) is 0 Å². The van der Waals surface area contributed by atoms with Gasteiger partial charge in [-0.15, -0.1) is 0 Å². The van der Waals surface area contributed by atoms with Crippen LogP contribution >= 0.6 is 11.6 Å². The van der Waals surface area contributed by atoms with Crippen LogP contribution in [0.1, 0.15) is 51.0 Å². The van der Waals surface area contributed by atoms with Crippen LogP contribution in [0.5, 0.6) is 0 Å². The summed E-state index contributed by atoms with van der Waals surface area (Å²) in [5, 5.41) is 0.608. The van der Waals surface area contributed by atoms with Crippen molar-refractivity contribution >= 4 is 17.4 Å². The number of hydrogen-bond acceptors (Lipinski definition) is 4. The molecule has 1 aromatic rings. The number of hydrogen-bond donors (Lipinski definition) is 0. The maximum absolute atomic E-state index is 6.30. The fraction of sp³-hybridized carbons (Fsp3) is 0.750. The van der Waals surface area contributed by atoms with Crippen molar-refractivity contribution in [1.82, 2.24) is 14.9 Å². The van der Waals surface area contributed by atoms with Crippen molar-refractivity contribution in [2.24, 2.45) is 0 Å². The average molecular weight is 309 g/mol. The minimum Gasteiger partial charge on any atom is -0.355 e. The number of halogens is 1. The average Bonchev–Trinajstić information content (AvgIpc) is 2.97. The molecule has 0 saturated carbocycles. The molecule has 0 N–H and O–H groups in total. The topological polar surface area (TPSA) is 32.3 Å². The summed E-state index contributed by atoms with van der Waals surface area (Å²) in [5.41, 5.74) is 1.10. The quantitative estimate of drug-likeness (QED) is 0.802. The van der Waals surface area contributed by atoms with Gasteiger partial charge in [0.1, 0.15) is 17.3 Å². The largest absolute Gasteiger partial charge is 0.355 e. The number of piperidine rings is 1. The van der Waals surface area contributed by atoms with Crippen molar-refractivity contribution < 1.29 is 0 Å². The molecule has 0 aliphatic carbocycles.